The third-order valence-electron chi connectivity index (χ3n) is 3.31. The second-order valence-electron chi connectivity index (χ2n) is 5.17. The van der Waals surface area contributed by atoms with Crippen molar-refractivity contribution in [1.29, 1.82) is 0 Å². The van der Waals surface area contributed by atoms with Crippen LogP contribution in [0.1, 0.15) is 20.8 Å². The molecule has 0 radical (unpaired) electrons. The summed E-state index contributed by atoms with van der Waals surface area (Å²) in [5.41, 5.74) is 0.229. The zero-order chi connectivity index (χ0) is 14.7. The first-order valence-corrected chi connectivity index (χ1v) is 6.61. The number of fused-ring (bicyclic) bond motifs is 1. The standard InChI is InChI=1S/C14H18N4O2/c1-9(2)10(3)15-13(19)8-18-14(20)11-6-4-5-7-12(11)16-17-18/h4-7,9-10H,8H2,1-3H3,(H,15,19)/t10-/m0/s1. The third kappa shape index (κ3) is 3.01. The first-order chi connectivity index (χ1) is 9.49. The van der Waals surface area contributed by atoms with Gasteiger partial charge in [-0.3, -0.25) is 9.59 Å². The lowest BCUT2D eigenvalue weighted by Crippen LogP contribution is -2.40. The quantitative estimate of drug-likeness (QED) is 0.900. The van der Waals surface area contributed by atoms with Crippen LogP contribution >= 0.6 is 0 Å². The second-order valence-corrected chi connectivity index (χ2v) is 5.17. The number of rotatable bonds is 4. The van der Waals surface area contributed by atoms with E-state index in [-0.39, 0.29) is 24.1 Å². The van der Waals surface area contributed by atoms with Crippen molar-refractivity contribution < 1.29 is 4.79 Å². The monoisotopic (exact) mass is 274 g/mol. The van der Waals surface area contributed by atoms with E-state index >= 15 is 0 Å². The van der Waals surface area contributed by atoms with Gasteiger partial charge in [-0.1, -0.05) is 31.2 Å². The van der Waals surface area contributed by atoms with Crippen LogP contribution in [0.4, 0.5) is 0 Å². The fourth-order valence-electron chi connectivity index (χ4n) is 1.73. The number of carbonyl (C=O) groups excluding carboxylic acids is 1. The van der Waals surface area contributed by atoms with Gasteiger partial charge in [0, 0.05) is 6.04 Å². The topological polar surface area (TPSA) is 76.9 Å². The van der Waals surface area contributed by atoms with Crippen molar-refractivity contribution in [2.45, 2.75) is 33.4 Å². The number of benzene rings is 1. The molecule has 1 N–H and O–H groups in total. The van der Waals surface area contributed by atoms with Gasteiger partial charge in [-0.05, 0) is 25.0 Å². The van der Waals surface area contributed by atoms with Gasteiger partial charge in [-0.2, -0.15) is 0 Å². The summed E-state index contributed by atoms with van der Waals surface area (Å²) in [5.74, 6) is 0.0937. The Morgan fingerprint density at radius 3 is 2.70 bits per heavy atom. The molecule has 1 aromatic carbocycles. The number of nitrogens with one attached hydrogen (secondary N) is 1. The minimum absolute atomic E-state index is 0.0478. The summed E-state index contributed by atoms with van der Waals surface area (Å²) < 4.78 is 1.09. The van der Waals surface area contributed by atoms with E-state index in [9.17, 15) is 9.59 Å². The molecule has 2 rings (SSSR count). The van der Waals surface area contributed by atoms with Gasteiger partial charge >= 0.3 is 0 Å². The molecule has 1 atom stereocenters. The molecule has 20 heavy (non-hydrogen) atoms. The van der Waals surface area contributed by atoms with E-state index in [4.69, 9.17) is 0 Å². The predicted octanol–water partition coefficient (Wildman–Crippen LogP) is 0.952. The van der Waals surface area contributed by atoms with Crippen LogP contribution < -0.4 is 10.9 Å². The van der Waals surface area contributed by atoms with Crippen LogP contribution in [0.3, 0.4) is 0 Å². The van der Waals surface area contributed by atoms with Crippen molar-refractivity contribution >= 4 is 16.8 Å². The molecule has 1 amide bonds. The lowest BCUT2D eigenvalue weighted by atomic mass is 10.1. The Kier molecular flexibility index (Phi) is 4.12. The van der Waals surface area contributed by atoms with Gasteiger partial charge < -0.3 is 5.32 Å². The highest BCUT2D eigenvalue weighted by Crippen LogP contribution is 2.03. The zero-order valence-corrected chi connectivity index (χ0v) is 11.8. The molecule has 0 fully saturated rings. The Balaban J connectivity index is 2.20. The number of nitrogens with zero attached hydrogens (tertiary/aromatic N) is 3. The fraction of sp³-hybridized carbons (Fsp3) is 0.429. The molecule has 0 saturated carbocycles. The van der Waals surface area contributed by atoms with E-state index in [1.54, 1.807) is 24.3 Å². The van der Waals surface area contributed by atoms with Crippen molar-refractivity contribution in [3.05, 3.63) is 34.6 Å². The van der Waals surface area contributed by atoms with E-state index in [1.807, 2.05) is 20.8 Å². The molecular weight excluding hydrogens is 256 g/mol. The van der Waals surface area contributed by atoms with Crippen molar-refractivity contribution in [3.8, 4) is 0 Å². The maximum absolute atomic E-state index is 12.2. The molecule has 6 heteroatoms. The second kappa shape index (κ2) is 5.81. The van der Waals surface area contributed by atoms with Crippen LogP contribution in [-0.2, 0) is 11.3 Å². The van der Waals surface area contributed by atoms with Gasteiger partial charge in [0.1, 0.15) is 12.1 Å². The van der Waals surface area contributed by atoms with Crippen LogP contribution in [-0.4, -0.2) is 26.9 Å². The molecule has 0 spiro atoms. The predicted molar refractivity (Wildman–Crippen MR) is 76.2 cm³/mol. The van der Waals surface area contributed by atoms with E-state index < -0.39 is 0 Å². The molecular formula is C14H18N4O2. The van der Waals surface area contributed by atoms with E-state index in [2.05, 4.69) is 15.6 Å². The highest BCUT2D eigenvalue weighted by molar-refractivity contribution is 5.78. The molecule has 2 aromatic rings. The van der Waals surface area contributed by atoms with Crippen LogP contribution in [0.2, 0.25) is 0 Å². The maximum atomic E-state index is 12.2. The number of carbonyl (C=O) groups is 1. The maximum Gasteiger partial charge on any atom is 0.278 e. The molecule has 1 heterocycles. The molecule has 0 aliphatic rings. The van der Waals surface area contributed by atoms with Crippen LogP contribution in [0.15, 0.2) is 29.1 Å². The Bertz CT molecular complexity index is 678. The Morgan fingerprint density at radius 1 is 1.30 bits per heavy atom. The summed E-state index contributed by atoms with van der Waals surface area (Å²) in [4.78, 5) is 24.0. The molecule has 0 aliphatic heterocycles. The molecule has 0 aliphatic carbocycles. The largest absolute Gasteiger partial charge is 0.352 e. The van der Waals surface area contributed by atoms with Crippen LogP contribution in [0.5, 0.6) is 0 Å². The summed E-state index contributed by atoms with van der Waals surface area (Å²) in [7, 11) is 0. The van der Waals surface area contributed by atoms with E-state index in [0.717, 1.165) is 4.68 Å². The highest BCUT2D eigenvalue weighted by atomic mass is 16.2. The summed E-state index contributed by atoms with van der Waals surface area (Å²) in [6.45, 7) is 5.85. The smallest absolute Gasteiger partial charge is 0.278 e. The molecule has 6 nitrogen and oxygen atoms in total. The number of amides is 1. The number of hydrogen-bond acceptors (Lipinski definition) is 4. The summed E-state index contributed by atoms with van der Waals surface area (Å²) in [6, 6.07) is 6.99. The summed E-state index contributed by atoms with van der Waals surface area (Å²) in [6.07, 6.45) is 0. The Labute approximate surface area is 116 Å². The lowest BCUT2D eigenvalue weighted by molar-refractivity contribution is -0.122. The van der Waals surface area contributed by atoms with Gasteiger partial charge in [0.25, 0.3) is 5.56 Å². The lowest BCUT2D eigenvalue weighted by Gasteiger charge is -2.17. The average molecular weight is 274 g/mol. The molecule has 1 aromatic heterocycles. The first kappa shape index (κ1) is 14.2. The van der Waals surface area contributed by atoms with Crippen molar-refractivity contribution in [1.82, 2.24) is 20.3 Å². The van der Waals surface area contributed by atoms with Crippen molar-refractivity contribution in [3.63, 3.8) is 0 Å². The number of hydrogen-bond donors (Lipinski definition) is 1. The Morgan fingerprint density at radius 2 is 2.00 bits per heavy atom. The summed E-state index contributed by atoms with van der Waals surface area (Å²) in [5, 5.41) is 11.0. The third-order valence-corrected chi connectivity index (χ3v) is 3.31. The zero-order valence-electron chi connectivity index (χ0n) is 11.8. The van der Waals surface area contributed by atoms with Gasteiger partial charge in [0.05, 0.1) is 5.39 Å². The van der Waals surface area contributed by atoms with Crippen LogP contribution in [0, 0.1) is 5.92 Å². The van der Waals surface area contributed by atoms with Crippen molar-refractivity contribution in [2.75, 3.05) is 0 Å². The minimum Gasteiger partial charge on any atom is -0.352 e. The Hall–Kier alpha value is -2.24. The van der Waals surface area contributed by atoms with E-state index in [0.29, 0.717) is 16.8 Å². The summed E-state index contributed by atoms with van der Waals surface area (Å²) >= 11 is 0. The average Bonchev–Trinajstić information content (AvgIpc) is 2.42. The number of aromatic nitrogens is 3. The molecule has 0 bridgehead atoms. The normalized spacial score (nSPS) is 12.6. The highest BCUT2D eigenvalue weighted by Gasteiger charge is 2.13. The minimum atomic E-state index is -0.303. The molecule has 0 saturated heterocycles. The first-order valence-electron chi connectivity index (χ1n) is 6.61. The molecule has 106 valence electrons. The van der Waals surface area contributed by atoms with Crippen molar-refractivity contribution in [2.24, 2.45) is 5.92 Å². The fourth-order valence-corrected chi connectivity index (χ4v) is 1.73. The van der Waals surface area contributed by atoms with Crippen LogP contribution in [0.25, 0.3) is 10.9 Å². The van der Waals surface area contributed by atoms with Gasteiger partial charge in [0.15, 0.2) is 0 Å². The van der Waals surface area contributed by atoms with Gasteiger partial charge in [-0.15, -0.1) is 5.10 Å². The van der Waals surface area contributed by atoms with Gasteiger partial charge in [-0.25, -0.2) is 4.68 Å². The van der Waals surface area contributed by atoms with E-state index in [1.165, 1.54) is 0 Å². The SMILES string of the molecule is CC(C)[C@H](C)NC(=O)Cn1nnc2ccccc2c1=O. The van der Waals surface area contributed by atoms with Gasteiger partial charge in [0.2, 0.25) is 5.91 Å². The molecule has 0 unspecified atom stereocenters.